The smallest absolute Gasteiger partial charge is 0.123 e. The summed E-state index contributed by atoms with van der Waals surface area (Å²) in [6.07, 6.45) is 3.66. The van der Waals surface area contributed by atoms with Gasteiger partial charge in [0.2, 0.25) is 0 Å². The molecule has 0 aliphatic rings. The summed E-state index contributed by atoms with van der Waals surface area (Å²) in [4.78, 5) is 0. The lowest BCUT2D eigenvalue weighted by atomic mass is 10.3. The summed E-state index contributed by atoms with van der Waals surface area (Å²) in [5.74, 6) is -0.253. The molecule has 82 valence electrons. The van der Waals surface area contributed by atoms with Gasteiger partial charge in [-0.1, -0.05) is 0 Å². The van der Waals surface area contributed by atoms with Gasteiger partial charge in [0.1, 0.15) is 5.82 Å². The molecule has 4 heteroatoms. The summed E-state index contributed by atoms with van der Waals surface area (Å²) >= 11 is 0. The molecule has 0 bridgehead atoms. The average Bonchev–Trinajstić information content (AvgIpc) is 2.68. The van der Waals surface area contributed by atoms with E-state index in [1.807, 2.05) is 29.9 Å². The number of benzene rings is 1. The molecule has 0 amide bonds. The highest BCUT2D eigenvalue weighted by Gasteiger charge is 1.92. The number of rotatable bonds is 3. The summed E-state index contributed by atoms with van der Waals surface area (Å²) in [7, 11) is 1.94. The third kappa shape index (κ3) is 2.48. The van der Waals surface area contributed by atoms with Crippen LogP contribution < -0.4 is 5.43 Å². The standard InChI is InChI=1S/C12H12FN3/c1-16-8-2-3-12(16)9-14-15-11-6-4-10(13)5-7-11/h2-9,15H,1H3. The third-order valence-corrected chi connectivity index (χ3v) is 2.22. The fraction of sp³-hybridized carbons (Fsp3) is 0.0833. The Morgan fingerprint density at radius 1 is 1.25 bits per heavy atom. The molecule has 0 aliphatic carbocycles. The minimum atomic E-state index is -0.253. The van der Waals surface area contributed by atoms with E-state index in [2.05, 4.69) is 10.5 Å². The molecule has 16 heavy (non-hydrogen) atoms. The first-order valence-corrected chi connectivity index (χ1v) is 4.92. The van der Waals surface area contributed by atoms with Gasteiger partial charge in [-0.2, -0.15) is 5.10 Å². The van der Waals surface area contributed by atoms with E-state index in [4.69, 9.17) is 0 Å². The van der Waals surface area contributed by atoms with Crippen LogP contribution in [0.5, 0.6) is 0 Å². The van der Waals surface area contributed by atoms with Gasteiger partial charge in [-0.25, -0.2) is 4.39 Å². The molecule has 2 aromatic rings. The van der Waals surface area contributed by atoms with E-state index in [1.165, 1.54) is 12.1 Å². The predicted molar refractivity (Wildman–Crippen MR) is 63.0 cm³/mol. The van der Waals surface area contributed by atoms with Crippen LogP contribution in [0.1, 0.15) is 5.69 Å². The van der Waals surface area contributed by atoms with Crippen LogP contribution >= 0.6 is 0 Å². The number of hydrogen-bond acceptors (Lipinski definition) is 2. The first-order valence-electron chi connectivity index (χ1n) is 4.92. The summed E-state index contributed by atoms with van der Waals surface area (Å²) < 4.78 is 14.6. The van der Waals surface area contributed by atoms with Crippen LogP contribution in [0.15, 0.2) is 47.7 Å². The quantitative estimate of drug-likeness (QED) is 0.621. The molecule has 0 fully saturated rings. The summed E-state index contributed by atoms with van der Waals surface area (Å²) in [6.45, 7) is 0. The minimum absolute atomic E-state index is 0.253. The molecule has 0 radical (unpaired) electrons. The predicted octanol–water partition coefficient (Wildman–Crippen LogP) is 2.61. The van der Waals surface area contributed by atoms with Crippen molar-refractivity contribution in [2.24, 2.45) is 12.1 Å². The second-order valence-corrected chi connectivity index (χ2v) is 3.42. The maximum Gasteiger partial charge on any atom is 0.123 e. The minimum Gasteiger partial charge on any atom is -0.350 e. The second kappa shape index (κ2) is 4.61. The van der Waals surface area contributed by atoms with Crippen molar-refractivity contribution in [3.05, 3.63) is 54.1 Å². The molecule has 0 aliphatic heterocycles. The number of anilines is 1. The second-order valence-electron chi connectivity index (χ2n) is 3.42. The fourth-order valence-electron chi connectivity index (χ4n) is 1.31. The number of hydrazone groups is 1. The lowest BCUT2D eigenvalue weighted by Gasteiger charge is -1.99. The van der Waals surface area contributed by atoms with Gasteiger partial charge < -0.3 is 4.57 Å². The maximum absolute atomic E-state index is 12.6. The van der Waals surface area contributed by atoms with Gasteiger partial charge in [0.25, 0.3) is 0 Å². The van der Waals surface area contributed by atoms with Crippen LogP contribution in [0.25, 0.3) is 0 Å². The fourth-order valence-corrected chi connectivity index (χ4v) is 1.31. The zero-order chi connectivity index (χ0) is 11.4. The van der Waals surface area contributed by atoms with Gasteiger partial charge in [0, 0.05) is 13.2 Å². The number of nitrogens with zero attached hydrogens (tertiary/aromatic N) is 2. The molecule has 1 N–H and O–H groups in total. The Kier molecular flexibility index (Phi) is 3.00. The van der Waals surface area contributed by atoms with E-state index in [0.717, 1.165) is 11.4 Å². The Labute approximate surface area is 93.2 Å². The largest absolute Gasteiger partial charge is 0.350 e. The van der Waals surface area contributed by atoms with Gasteiger partial charge in [-0.3, -0.25) is 5.43 Å². The lowest BCUT2D eigenvalue weighted by Crippen LogP contribution is -1.95. The van der Waals surface area contributed by atoms with Crippen LogP contribution in [0.2, 0.25) is 0 Å². The molecule has 1 heterocycles. The number of halogens is 1. The van der Waals surface area contributed by atoms with E-state index >= 15 is 0 Å². The number of hydrogen-bond donors (Lipinski definition) is 1. The van der Waals surface area contributed by atoms with Crippen molar-refractivity contribution in [3.8, 4) is 0 Å². The van der Waals surface area contributed by atoms with Crippen molar-refractivity contribution < 1.29 is 4.39 Å². The van der Waals surface area contributed by atoms with E-state index in [-0.39, 0.29) is 5.82 Å². The molecule has 0 spiro atoms. The van der Waals surface area contributed by atoms with Crippen LogP contribution in [0.3, 0.4) is 0 Å². The van der Waals surface area contributed by atoms with Crippen molar-refractivity contribution in [3.63, 3.8) is 0 Å². The van der Waals surface area contributed by atoms with Gasteiger partial charge >= 0.3 is 0 Å². The molecular formula is C12H12FN3. The molecule has 2 rings (SSSR count). The lowest BCUT2D eigenvalue weighted by molar-refractivity contribution is 0.628. The molecule has 0 saturated carbocycles. The number of aromatic nitrogens is 1. The molecule has 0 atom stereocenters. The topological polar surface area (TPSA) is 29.3 Å². The molecule has 0 saturated heterocycles. The third-order valence-electron chi connectivity index (χ3n) is 2.22. The van der Waals surface area contributed by atoms with Crippen LogP contribution in [0.4, 0.5) is 10.1 Å². The van der Waals surface area contributed by atoms with E-state index < -0.39 is 0 Å². The zero-order valence-electron chi connectivity index (χ0n) is 8.89. The Hall–Kier alpha value is -2.10. The number of aryl methyl sites for hydroxylation is 1. The van der Waals surface area contributed by atoms with Crippen molar-refractivity contribution in [1.29, 1.82) is 0 Å². The van der Waals surface area contributed by atoms with Crippen molar-refractivity contribution >= 4 is 11.9 Å². The monoisotopic (exact) mass is 217 g/mol. The molecule has 1 aromatic heterocycles. The summed E-state index contributed by atoms with van der Waals surface area (Å²) in [5.41, 5.74) is 4.58. The van der Waals surface area contributed by atoms with E-state index in [0.29, 0.717) is 0 Å². The van der Waals surface area contributed by atoms with Gasteiger partial charge in [0.05, 0.1) is 17.6 Å². The highest BCUT2D eigenvalue weighted by Crippen LogP contribution is 2.07. The van der Waals surface area contributed by atoms with Gasteiger partial charge in [-0.05, 0) is 36.4 Å². The highest BCUT2D eigenvalue weighted by atomic mass is 19.1. The van der Waals surface area contributed by atoms with E-state index in [1.54, 1.807) is 18.3 Å². The Balaban J connectivity index is 2.00. The Morgan fingerprint density at radius 3 is 2.62 bits per heavy atom. The number of nitrogens with one attached hydrogen (secondary N) is 1. The Bertz CT molecular complexity index is 485. The molecular weight excluding hydrogens is 205 g/mol. The maximum atomic E-state index is 12.6. The highest BCUT2D eigenvalue weighted by molar-refractivity contribution is 5.78. The van der Waals surface area contributed by atoms with Crippen molar-refractivity contribution in [1.82, 2.24) is 4.57 Å². The zero-order valence-corrected chi connectivity index (χ0v) is 8.89. The molecule has 1 aromatic carbocycles. The van der Waals surface area contributed by atoms with Gasteiger partial charge in [-0.15, -0.1) is 0 Å². The van der Waals surface area contributed by atoms with Crippen molar-refractivity contribution in [2.75, 3.05) is 5.43 Å². The van der Waals surface area contributed by atoms with Crippen LogP contribution in [-0.4, -0.2) is 10.8 Å². The normalized spacial score (nSPS) is 10.9. The van der Waals surface area contributed by atoms with Gasteiger partial charge in [0.15, 0.2) is 0 Å². The van der Waals surface area contributed by atoms with Crippen molar-refractivity contribution in [2.45, 2.75) is 0 Å². The first kappa shape index (κ1) is 10.4. The molecule has 0 unspecified atom stereocenters. The Morgan fingerprint density at radius 2 is 2.00 bits per heavy atom. The first-order chi connectivity index (χ1) is 7.75. The SMILES string of the molecule is Cn1cccc1C=NNc1ccc(F)cc1. The summed E-state index contributed by atoms with van der Waals surface area (Å²) in [6, 6.07) is 9.95. The molecule has 3 nitrogen and oxygen atoms in total. The van der Waals surface area contributed by atoms with Crippen LogP contribution in [0, 0.1) is 5.82 Å². The van der Waals surface area contributed by atoms with E-state index in [9.17, 15) is 4.39 Å². The average molecular weight is 217 g/mol. The van der Waals surface area contributed by atoms with Crippen LogP contribution in [-0.2, 0) is 7.05 Å². The summed E-state index contributed by atoms with van der Waals surface area (Å²) in [5, 5.41) is 4.06.